The van der Waals surface area contributed by atoms with Crippen molar-refractivity contribution in [2.24, 2.45) is 0 Å². The van der Waals surface area contributed by atoms with Gasteiger partial charge in [-0.25, -0.2) is 13.4 Å². The van der Waals surface area contributed by atoms with Crippen LogP contribution in [0.4, 0.5) is 5.82 Å². The molecule has 0 saturated carbocycles. The number of nitrogens with zero attached hydrogens (tertiary/aromatic N) is 2. The summed E-state index contributed by atoms with van der Waals surface area (Å²) in [5.74, 6) is 0.416. The maximum absolute atomic E-state index is 12.6. The van der Waals surface area contributed by atoms with Gasteiger partial charge in [0.2, 0.25) is 10.0 Å². The van der Waals surface area contributed by atoms with Crippen molar-refractivity contribution >= 4 is 27.4 Å². The van der Waals surface area contributed by atoms with Crippen LogP contribution in [-0.2, 0) is 14.8 Å². The van der Waals surface area contributed by atoms with E-state index in [2.05, 4.69) is 10.3 Å². The lowest BCUT2D eigenvalue weighted by Crippen LogP contribution is -2.50. The minimum atomic E-state index is -3.72. The Morgan fingerprint density at radius 1 is 1.57 bits per heavy atom. The smallest absolute Gasteiger partial charge is 0.244 e. The molecular weight excluding hydrogens is 318 g/mol. The predicted molar refractivity (Wildman–Crippen MR) is 79.0 cm³/mol. The molecule has 0 radical (unpaired) electrons. The van der Waals surface area contributed by atoms with Crippen LogP contribution in [0.15, 0.2) is 17.2 Å². The summed E-state index contributed by atoms with van der Waals surface area (Å²) in [4.78, 5) is 4.01. The molecule has 2 rings (SSSR count). The first-order valence-electron chi connectivity index (χ1n) is 6.48. The maximum Gasteiger partial charge on any atom is 0.244 e. The molecule has 1 saturated heterocycles. The van der Waals surface area contributed by atoms with Gasteiger partial charge in [-0.3, -0.25) is 0 Å². The molecule has 1 aliphatic heterocycles. The van der Waals surface area contributed by atoms with Crippen LogP contribution >= 0.6 is 11.6 Å². The third kappa shape index (κ3) is 3.46. The third-order valence-corrected chi connectivity index (χ3v) is 5.27. The Kier molecular flexibility index (Phi) is 5.05. The number of ether oxygens (including phenoxy) is 1. The molecule has 2 heterocycles. The van der Waals surface area contributed by atoms with E-state index in [0.717, 1.165) is 0 Å². The summed E-state index contributed by atoms with van der Waals surface area (Å²) in [7, 11) is -2.07. The normalized spacial score (nSPS) is 24.0. The van der Waals surface area contributed by atoms with Crippen molar-refractivity contribution in [3.63, 3.8) is 0 Å². The summed E-state index contributed by atoms with van der Waals surface area (Å²) in [5.41, 5.74) is 0. The maximum atomic E-state index is 12.6. The first kappa shape index (κ1) is 16.4. The Morgan fingerprint density at radius 2 is 2.29 bits per heavy atom. The van der Waals surface area contributed by atoms with E-state index in [-0.39, 0.29) is 35.7 Å². The van der Waals surface area contributed by atoms with Gasteiger partial charge < -0.3 is 15.2 Å². The van der Waals surface area contributed by atoms with E-state index in [4.69, 9.17) is 16.3 Å². The lowest BCUT2D eigenvalue weighted by Gasteiger charge is -2.35. The van der Waals surface area contributed by atoms with E-state index in [1.165, 1.54) is 16.6 Å². The second kappa shape index (κ2) is 6.45. The number of anilines is 1. The summed E-state index contributed by atoms with van der Waals surface area (Å²) >= 11 is 5.99. The van der Waals surface area contributed by atoms with E-state index in [0.29, 0.717) is 5.82 Å². The van der Waals surface area contributed by atoms with E-state index < -0.39 is 16.1 Å². The van der Waals surface area contributed by atoms with Crippen molar-refractivity contribution in [1.82, 2.24) is 9.29 Å². The van der Waals surface area contributed by atoms with Crippen molar-refractivity contribution in [2.75, 3.05) is 32.1 Å². The van der Waals surface area contributed by atoms with Crippen molar-refractivity contribution in [2.45, 2.75) is 24.0 Å². The Hall–Kier alpha value is -0.930. The fraction of sp³-hybridized carbons (Fsp3) is 0.583. The molecule has 2 unspecified atom stereocenters. The summed E-state index contributed by atoms with van der Waals surface area (Å²) in [5, 5.41) is 12.2. The van der Waals surface area contributed by atoms with Gasteiger partial charge in [0.25, 0.3) is 0 Å². The van der Waals surface area contributed by atoms with Gasteiger partial charge in [-0.15, -0.1) is 0 Å². The SMILES string of the molecule is CNc1ncc(S(=O)(=O)N2CC(C)OC(CO)C2)cc1Cl. The number of rotatable bonds is 4. The second-order valence-corrected chi connectivity index (χ2v) is 7.17. The highest BCUT2D eigenvalue weighted by Crippen LogP contribution is 2.26. The van der Waals surface area contributed by atoms with Crippen molar-refractivity contribution < 1.29 is 18.3 Å². The number of hydrogen-bond acceptors (Lipinski definition) is 6. The number of hydrogen-bond donors (Lipinski definition) is 2. The molecule has 0 amide bonds. The lowest BCUT2D eigenvalue weighted by molar-refractivity contribution is -0.0750. The van der Waals surface area contributed by atoms with Crippen LogP contribution in [0, 0.1) is 0 Å². The molecule has 0 aromatic carbocycles. The molecule has 2 atom stereocenters. The largest absolute Gasteiger partial charge is 0.394 e. The van der Waals surface area contributed by atoms with Gasteiger partial charge in [-0.1, -0.05) is 11.6 Å². The van der Waals surface area contributed by atoms with Gasteiger partial charge in [-0.05, 0) is 13.0 Å². The molecule has 1 aromatic heterocycles. The quantitative estimate of drug-likeness (QED) is 0.834. The molecule has 21 heavy (non-hydrogen) atoms. The van der Waals surface area contributed by atoms with E-state index >= 15 is 0 Å². The highest BCUT2D eigenvalue weighted by molar-refractivity contribution is 7.89. The molecule has 1 aliphatic rings. The van der Waals surface area contributed by atoms with Gasteiger partial charge in [0, 0.05) is 26.3 Å². The summed E-state index contributed by atoms with van der Waals surface area (Å²) < 4.78 is 32.0. The van der Waals surface area contributed by atoms with Crippen LogP contribution in [-0.4, -0.2) is 61.8 Å². The molecule has 0 spiro atoms. The van der Waals surface area contributed by atoms with Gasteiger partial charge in [-0.2, -0.15) is 4.31 Å². The number of pyridine rings is 1. The lowest BCUT2D eigenvalue weighted by atomic mass is 10.2. The average molecular weight is 336 g/mol. The predicted octanol–water partition coefficient (Wildman–Crippen LogP) is 0.547. The third-order valence-electron chi connectivity index (χ3n) is 3.19. The minimum absolute atomic E-state index is 0.0253. The number of nitrogens with one attached hydrogen (secondary N) is 1. The van der Waals surface area contributed by atoms with Gasteiger partial charge in [0.15, 0.2) is 0 Å². The molecule has 1 fully saturated rings. The van der Waals surface area contributed by atoms with Crippen LogP contribution < -0.4 is 5.32 Å². The highest BCUT2D eigenvalue weighted by atomic mass is 35.5. The second-order valence-electron chi connectivity index (χ2n) is 4.82. The van der Waals surface area contributed by atoms with E-state index in [1.54, 1.807) is 14.0 Å². The van der Waals surface area contributed by atoms with Crippen LogP contribution in [0.3, 0.4) is 0 Å². The molecule has 0 bridgehead atoms. The van der Waals surface area contributed by atoms with E-state index in [9.17, 15) is 13.5 Å². The Labute approximate surface area is 128 Å². The molecule has 1 aromatic rings. The molecule has 118 valence electrons. The Morgan fingerprint density at radius 3 is 2.86 bits per heavy atom. The van der Waals surface area contributed by atoms with Gasteiger partial charge in [0.1, 0.15) is 10.7 Å². The molecule has 0 aliphatic carbocycles. The average Bonchev–Trinajstić information content (AvgIpc) is 2.46. The van der Waals surface area contributed by atoms with E-state index in [1.807, 2.05) is 0 Å². The van der Waals surface area contributed by atoms with Crippen molar-refractivity contribution in [3.05, 3.63) is 17.3 Å². The summed E-state index contributed by atoms with van der Waals surface area (Å²) in [6.45, 7) is 1.87. The first-order valence-corrected chi connectivity index (χ1v) is 8.30. The molecular formula is C12H18ClN3O4S. The number of morpholine rings is 1. The summed E-state index contributed by atoms with van der Waals surface area (Å²) in [6, 6.07) is 1.36. The summed E-state index contributed by atoms with van der Waals surface area (Å²) in [6.07, 6.45) is 0.454. The highest BCUT2D eigenvalue weighted by Gasteiger charge is 2.34. The van der Waals surface area contributed by atoms with Gasteiger partial charge in [0.05, 0.1) is 23.8 Å². The minimum Gasteiger partial charge on any atom is -0.394 e. The Bertz CT molecular complexity index is 611. The standard InChI is InChI=1S/C12H18ClN3O4S/c1-8-5-16(6-9(7-17)20-8)21(18,19)10-3-11(13)12(14-2)15-4-10/h3-4,8-9,17H,5-7H2,1-2H3,(H,14,15). The van der Waals surface area contributed by atoms with Crippen molar-refractivity contribution in [1.29, 1.82) is 0 Å². The number of aliphatic hydroxyl groups excluding tert-OH is 1. The number of aromatic nitrogens is 1. The molecule has 7 nitrogen and oxygen atoms in total. The fourth-order valence-electron chi connectivity index (χ4n) is 2.19. The zero-order valence-corrected chi connectivity index (χ0v) is 13.4. The first-order chi connectivity index (χ1) is 9.88. The van der Waals surface area contributed by atoms with Crippen molar-refractivity contribution in [3.8, 4) is 0 Å². The fourth-order valence-corrected chi connectivity index (χ4v) is 4.04. The topological polar surface area (TPSA) is 91.8 Å². The van der Waals surface area contributed by atoms with Gasteiger partial charge >= 0.3 is 0 Å². The number of aliphatic hydroxyl groups is 1. The van der Waals surface area contributed by atoms with Crippen LogP contribution in [0.2, 0.25) is 5.02 Å². The Balaban J connectivity index is 2.30. The zero-order chi connectivity index (χ0) is 15.6. The van der Waals surface area contributed by atoms with Crippen LogP contribution in [0.5, 0.6) is 0 Å². The van der Waals surface area contributed by atoms with Crippen LogP contribution in [0.25, 0.3) is 0 Å². The zero-order valence-electron chi connectivity index (χ0n) is 11.8. The number of halogens is 1. The molecule has 2 N–H and O–H groups in total. The number of sulfonamides is 1. The van der Waals surface area contributed by atoms with Crippen LogP contribution in [0.1, 0.15) is 6.92 Å². The monoisotopic (exact) mass is 335 g/mol. The molecule has 9 heteroatoms.